The van der Waals surface area contributed by atoms with Crippen molar-refractivity contribution in [3.05, 3.63) is 107 Å². The number of hydrogen-bond donors (Lipinski definition) is 2. The van der Waals surface area contributed by atoms with Crippen molar-refractivity contribution in [2.45, 2.75) is 64.4 Å². The van der Waals surface area contributed by atoms with E-state index in [4.69, 9.17) is 28.9 Å². The van der Waals surface area contributed by atoms with Crippen molar-refractivity contribution in [3.8, 4) is 0 Å². The van der Waals surface area contributed by atoms with Gasteiger partial charge in [-0.2, -0.15) is 5.23 Å². The Morgan fingerprint density at radius 2 is 1.29 bits per heavy atom. The average Bonchev–Trinajstić information content (AvgIpc) is 2.92. The summed E-state index contributed by atoms with van der Waals surface area (Å²) in [4.78, 5) is 12.1. The largest absolute Gasteiger partial charge is 0.595 e. The number of benzene rings is 3. The number of ether oxygens (including phenoxy) is 5. The molecule has 2 N–H and O–H groups in total. The van der Waals surface area contributed by atoms with Gasteiger partial charge in [0.2, 0.25) is 0 Å². The first-order chi connectivity index (χ1) is 18.4. The molecule has 3 aromatic carbocycles. The van der Waals surface area contributed by atoms with Crippen LogP contribution in [-0.2, 0) is 48.3 Å². The van der Waals surface area contributed by atoms with Crippen LogP contribution in [0.3, 0.4) is 0 Å². The summed E-state index contributed by atoms with van der Waals surface area (Å²) in [7, 11) is 0. The highest BCUT2D eigenvalue weighted by Gasteiger charge is 2.48. The van der Waals surface area contributed by atoms with Crippen LogP contribution in [0.5, 0.6) is 0 Å². The smallest absolute Gasteiger partial charge is 0.303 e. The zero-order valence-corrected chi connectivity index (χ0v) is 21.4. The summed E-state index contributed by atoms with van der Waals surface area (Å²) in [5.41, 5.74) is 2.89. The Hall–Kier alpha value is -3.15. The maximum absolute atomic E-state index is 12.1. The van der Waals surface area contributed by atoms with Crippen molar-refractivity contribution in [1.29, 1.82) is 0 Å². The standard InChI is InChI=1S/C29H33NO8/c1-20-26(34-17-22-9-5-3-6-10-22)27(35-18-23-11-7-4-8-12-23)28(38-21(2)31)29(37-20)36-19-24-13-15-25(16-14-24)30(32)33/h3-16,20,26-30,32H,17-19H2,1-2H3/t20-,26-,27-,28+,29+/m0/s1. The van der Waals surface area contributed by atoms with Crippen LogP contribution in [0, 0.1) is 5.21 Å². The number of quaternary nitrogens is 1. The van der Waals surface area contributed by atoms with E-state index in [9.17, 15) is 10.0 Å². The van der Waals surface area contributed by atoms with Crippen molar-refractivity contribution in [2.75, 3.05) is 0 Å². The summed E-state index contributed by atoms with van der Waals surface area (Å²) in [6.07, 6.45) is -3.48. The molecule has 1 aliphatic rings. The van der Waals surface area contributed by atoms with Gasteiger partial charge in [0.05, 0.1) is 25.9 Å². The third kappa shape index (κ3) is 7.68. The summed E-state index contributed by atoms with van der Waals surface area (Å²) in [6.45, 7) is 3.93. The Kier molecular flexibility index (Phi) is 9.97. The van der Waals surface area contributed by atoms with Crippen LogP contribution in [0.1, 0.15) is 30.5 Å². The number of nitrogens with one attached hydrogen (secondary N) is 1. The Morgan fingerprint density at radius 3 is 1.82 bits per heavy atom. The molecule has 0 amide bonds. The van der Waals surface area contributed by atoms with Crippen LogP contribution in [-0.4, -0.2) is 41.9 Å². The van der Waals surface area contributed by atoms with Crippen molar-refractivity contribution < 1.29 is 38.9 Å². The average molecular weight is 524 g/mol. The predicted octanol–water partition coefficient (Wildman–Crippen LogP) is 3.45. The minimum absolute atomic E-state index is 0.121. The van der Waals surface area contributed by atoms with Gasteiger partial charge in [-0.1, -0.05) is 72.8 Å². The number of carbonyl (C=O) groups is 1. The highest BCUT2D eigenvalue weighted by Crippen LogP contribution is 2.31. The van der Waals surface area contributed by atoms with Gasteiger partial charge in [-0.3, -0.25) is 4.79 Å². The molecule has 0 aromatic heterocycles. The molecule has 0 radical (unpaired) electrons. The SMILES string of the molecule is CC(=O)O[C@H]1[C@H](OCc2ccc([NH+]([O-])O)cc2)O[C@@H](C)[C@H](OCc2ccccc2)[C@@H]1OCc1ccccc1. The number of carbonyl (C=O) groups excluding carboxylic acids is 1. The molecule has 0 aliphatic carbocycles. The molecule has 1 saturated heterocycles. The minimum atomic E-state index is -1.00. The van der Waals surface area contributed by atoms with Gasteiger partial charge in [0.25, 0.3) is 0 Å². The second-order valence-corrected chi connectivity index (χ2v) is 9.12. The Morgan fingerprint density at radius 1 is 0.789 bits per heavy atom. The van der Waals surface area contributed by atoms with Crippen LogP contribution in [0.4, 0.5) is 5.69 Å². The highest BCUT2D eigenvalue weighted by molar-refractivity contribution is 5.66. The van der Waals surface area contributed by atoms with Gasteiger partial charge in [-0.05, 0) is 23.6 Å². The lowest BCUT2D eigenvalue weighted by Crippen LogP contribution is -2.99. The van der Waals surface area contributed by atoms with E-state index >= 15 is 0 Å². The van der Waals surface area contributed by atoms with Gasteiger partial charge in [0, 0.05) is 19.1 Å². The Labute approximate surface area is 222 Å². The molecule has 1 fully saturated rings. The maximum Gasteiger partial charge on any atom is 0.303 e. The van der Waals surface area contributed by atoms with Crippen LogP contribution in [0.15, 0.2) is 84.9 Å². The van der Waals surface area contributed by atoms with Gasteiger partial charge in [0.15, 0.2) is 18.1 Å². The fourth-order valence-corrected chi connectivity index (χ4v) is 4.30. The molecule has 38 heavy (non-hydrogen) atoms. The number of hydrogen-bond acceptors (Lipinski definition) is 8. The fraction of sp³-hybridized carbons (Fsp3) is 0.345. The second-order valence-electron chi connectivity index (χ2n) is 9.12. The molecule has 0 saturated carbocycles. The van der Waals surface area contributed by atoms with Gasteiger partial charge < -0.3 is 28.9 Å². The van der Waals surface area contributed by atoms with Crippen LogP contribution < -0.4 is 5.23 Å². The van der Waals surface area contributed by atoms with Crippen LogP contribution >= 0.6 is 0 Å². The van der Waals surface area contributed by atoms with E-state index in [0.29, 0.717) is 6.61 Å². The van der Waals surface area contributed by atoms with E-state index < -0.39 is 41.9 Å². The second kappa shape index (κ2) is 13.6. The third-order valence-electron chi connectivity index (χ3n) is 6.22. The molecule has 1 unspecified atom stereocenters. The normalized spacial score (nSPS) is 24.1. The van der Waals surface area contributed by atoms with E-state index in [0.717, 1.165) is 16.7 Å². The molecule has 9 heteroatoms. The Bertz CT molecular complexity index is 1130. The van der Waals surface area contributed by atoms with Crippen molar-refractivity contribution in [1.82, 2.24) is 0 Å². The lowest BCUT2D eigenvalue weighted by molar-refractivity contribution is -0.991. The van der Waals surface area contributed by atoms with E-state index in [1.807, 2.05) is 67.6 Å². The fourth-order valence-electron chi connectivity index (χ4n) is 4.30. The summed E-state index contributed by atoms with van der Waals surface area (Å²) in [6, 6.07) is 25.8. The van der Waals surface area contributed by atoms with E-state index in [2.05, 4.69) is 0 Å². The van der Waals surface area contributed by atoms with Crippen LogP contribution in [0.2, 0.25) is 0 Å². The van der Waals surface area contributed by atoms with Gasteiger partial charge in [-0.25, -0.2) is 5.21 Å². The van der Waals surface area contributed by atoms with Gasteiger partial charge >= 0.3 is 5.97 Å². The summed E-state index contributed by atoms with van der Waals surface area (Å²) >= 11 is 0. The van der Waals surface area contributed by atoms with Gasteiger partial charge in [-0.15, -0.1) is 0 Å². The lowest BCUT2D eigenvalue weighted by atomic mass is 9.98. The molecule has 6 atom stereocenters. The van der Waals surface area contributed by atoms with Crippen molar-refractivity contribution in [3.63, 3.8) is 0 Å². The molecular formula is C29H33NO8. The lowest BCUT2D eigenvalue weighted by Gasteiger charge is -2.44. The quantitative estimate of drug-likeness (QED) is 0.291. The van der Waals surface area contributed by atoms with Crippen molar-refractivity contribution in [2.24, 2.45) is 0 Å². The zero-order chi connectivity index (χ0) is 26.9. The highest BCUT2D eigenvalue weighted by atomic mass is 16.8. The number of rotatable bonds is 11. The molecule has 202 valence electrons. The first-order valence-corrected chi connectivity index (χ1v) is 12.5. The Balaban J connectivity index is 1.53. The predicted molar refractivity (Wildman–Crippen MR) is 137 cm³/mol. The summed E-state index contributed by atoms with van der Waals surface area (Å²) < 4.78 is 30.6. The molecular weight excluding hydrogens is 490 g/mol. The molecule has 0 spiro atoms. The molecule has 0 bridgehead atoms. The molecule has 3 aromatic rings. The molecule has 9 nitrogen and oxygen atoms in total. The van der Waals surface area contributed by atoms with Crippen molar-refractivity contribution >= 4 is 11.7 Å². The number of esters is 1. The molecule has 4 rings (SSSR count). The first-order valence-electron chi connectivity index (χ1n) is 12.5. The third-order valence-corrected chi connectivity index (χ3v) is 6.22. The summed E-state index contributed by atoms with van der Waals surface area (Å²) in [5, 5.41) is 19.3. The van der Waals surface area contributed by atoms with E-state index in [1.54, 1.807) is 12.1 Å². The first kappa shape index (κ1) is 27.9. The van der Waals surface area contributed by atoms with E-state index in [-0.39, 0.29) is 18.9 Å². The zero-order valence-electron chi connectivity index (χ0n) is 21.4. The maximum atomic E-state index is 12.1. The topological polar surface area (TPSA) is 111 Å². The van der Waals surface area contributed by atoms with Gasteiger partial charge in [0.1, 0.15) is 12.2 Å². The monoisotopic (exact) mass is 523 g/mol. The minimum Gasteiger partial charge on any atom is -0.595 e. The molecule has 1 heterocycles. The van der Waals surface area contributed by atoms with E-state index in [1.165, 1.54) is 19.1 Å². The van der Waals surface area contributed by atoms with Crippen LogP contribution in [0.25, 0.3) is 0 Å². The molecule has 1 aliphatic heterocycles. The summed E-state index contributed by atoms with van der Waals surface area (Å²) in [5.74, 6) is -0.498.